The van der Waals surface area contributed by atoms with Crippen molar-refractivity contribution in [3.63, 3.8) is 0 Å². The molecule has 0 aliphatic rings. The summed E-state index contributed by atoms with van der Waals surface area (Å²) < 4.78 is 3.90. The van der Waals surface area contributed by atoms with E-state index in [-0.39, 0.29) is 11.7 Å². The van der Waals surface area contributed by atoms with Gasteiger partial charge in [0.15, 0.2) is 5.16 Å². The number of hydrogen-bond donors (Lipinski definition) is 1. The maximum Gasteiger partial charge on any atom is 0.313 e. The molecule has 1 heterocycles. The first kappa shape index (κ1) is 16.6. The van der Waals surface area contributed by atoms with Gasteiger partial charge in [-0.1, -0.05) is 41.5 Å². The van der Waals surface area contributed by atoms with Gasteiger partial charge in [-0.25, -0.2) is 4.98 Å². The molecule has 0 fully saturated rings. The normalized spacial score (nSPS) is 11.1. The largest absolute Gasteiger partial charge is 0.481 e. The monoisotopic (exact) mass is 432 g/mol. The van der Waals surface area contributed by atoms with Crippen LogP contribution >= 0.6 is 43.6 Å². The van der Waals surface area contributed by atoms with Crippen molar-refractivity contribution in [1.82, 2.24) is 9.55 Å². The Morgan fingerprint density at radius 1 is 1.43 bits per heavy atom. The molecular formula is C14H14Br2N2O2S. The molecule has 1 aromatic heterocycles. The predicted molar refractivity (Wildman–Crippen MR) is 91.4 cm³/mol. The van der Waals surface area contributed by atoms with Gasteiger partial charge in [0.05, 0.1) is 17.6 Å². The Labute approximate surface area is 144 Å². The first-order valence-electron chi connectivity index (χ1n) is 6.27. The Morgan fingerprint density at radius 2 is 2.14 bits per heavy atom. The fourth-order valence-corrected chi connectivity index (χ4v) is 3.37. The second-order valence-corrected chi connectivity index (χ2v) is 7.45. The highest BCUT2D eigenvalue weighted by molar-refractivity contribution is 9.11. The number of halogens is 2. The van der Waals surface area contributed by atoms with Crippen LogP contribution in [0.4, 0.5) is 0 Å². The number of thioether (sulfide) groups is 1. The van der Waals surface area contributed by atoms with Gasteiger partial charge in [0.1, 0.15) is 0 Å². The third kappa shape index (κ3) is 3.90. The molecule has 0 unspecified atom stereocenters. The maximum atomic E-state index is 10.8. The predicted octanol–water partition coefficient (Wildman–Crippen LogP) is 4.70. The lowest BCUT2D eigenvalue weighted by molar-refractivity contribution is -0.133. The highest BCUT2D eigenvalue weighted by Crippen LogP contribution is 2.32. The fraction of sp³-hybridized carbons (Fsp3) is 0.286. The van der Waals surface area contributed by atoms with Crippen LogP contribution in [0.3, 0.4) is 0 Å². The molecule has 0 saturated carbocycles. The summed E-state index contributed by atoms with van der Waals surface area (Å²) in [4.78, 5) is 15.2. The number of aromatic nitrogens is 2. The minimum absolute atomic E-state index is 0.0137. The number of aliphatic carboxylic acids is 1. The molecule has 4 nitrogen and oxygen atoms in total. The van der Waals surface area contributed by atoms with Gasteiger partial charge in [0, 0.05) is 14.6 Å². The van der Waals surface area contributed by atoms with Crippen molar-refractivity contribution in [2.45, 2.75) is 24.9 Å². The standard InChI is InChI=1S/C14H14Br2N2O2S/c1-8(2)12-6-17-14(21-7-13(19)20)18(12)11-5-9(15)3-4-10(11)16/h3-6,8H,7H2,1-2H3,(H,19,20). The van der Waals surface area contributed by atoms with Crippen molar-refractivity contribution < 1.29 is 9.90 Å². The third-order valence-electron chi connectivity index (χ3n) is 2.82. The number of imidazole rings is 1. The van der Waals surface area contributed by atoms with E-state index in [1.54, 1.807) is 0 Å². The number of nitrogens with zero attached hydrogens (tertiary/aromatic N) is 2. The zero-order chi connectivity index (χ0) is 15.6. The number of carboxylic acids is 1. The lowest BCUT2D eigenvalue weighted by atomic mass is 10.1. The third-order valence-corrected chi connectivity index (χ3v) is 4.92. The van der Waals surface area contributed by atoms with Gasteiger partial charge >= 0.3 is 5.97 Å². The zero-order valence-corrected chi connectivity index (χ0v) is 15.5. The van der Waals surface area contributed by atoms with E-state index in [1.165, 1.54) is 11.8 Å². The molecule has 2 aromatic rings. The number of hydrogen-bond acceptors (Lipinski definition) is 3. The van der Waals surface area contributed by atoms with Crippen LogP contribution in [-0.4, -0.2) is 26.4 Å². The molecule has 0 aliphatic heterocycles. The minimum atomic E-state index is -0.853. The Balaban J connectivity index is 2.55. The van der Waals surface area contributed by atoms with Gasteiger partial charge < -0.3 is 5.11 Å². The van der Waals surface area contributed by atoms with Crippen LogP contribution in [0.1, 0.15) is 25.5 Å². The van der Waals surface area contributed by atoms with Crippen LogP contribution in [0.5, 0.6) is 0 Å². The van der Waals surface area contributed by atoms with Gasteiger partial charge in [0.2, 0.25) is 0 Å². The van der Waals surface area contributed by atoms with Gasteiger partial charge in [-0.05, 0) is 40.0 Å². The van der Waals surface area contributed by atoms with Crippen molar-refractivity contribution in [3.8, 4) is 5.69 Å². The highest BCUT2D eigenvalue weighted by atomic mass is 79.9. The summed E-state index contributed by atoms with van der Waals surface area (Å²) in [6.07, 6.45) is 1.81. The number of rotatable bonds is 5. The molecule has 0 radical (unpaired) electrons. The smallest absolute Gasteiger partial charge is 0.313 e. The molecule has 21 heavy (non-hydrogen) atoms. The molecule has 2 rings (SSSR count). The summed E-state index contributed by atoms with van der Waals surface area (Å²) >= 11 is 8.25. The van der Waals surface area contributed by atoms with Crippen LogP contribution in [0.25, 0.3) is 5.69 Å². The minimum Gasteiger partial charge on any atom is -0.481 e. The SMILES string of the molecule is CC(C)c1cnc(SCC(=O)O)n1-c1cc(Br)ccc1Br. The van der Waals surface area contributed by atoms with E-state index >= 15 is 0 Å². The Bertz CT molecular complexity index is 671. The van der Waals surface area contributed by atoms with E-state index in [1.807, 2.05) is 29.0 Å². The molecule has 0 bridgehead atoms. The summed E-state index contributed by atoms with van der Waals surface area (Å²) in [5.74, 6) is -0.586. The first-order chi connectivity index (χ1) is 9.90. The molecule has 0 saturated heterocycles. The summed E-state index contributed by atoms with van der Waals surface area (Å²) in [6.45, 7) is 4.18. The van der Waals surface area contributed by atoms with E-state index in [4.69, 9.17) is 5.11 Å². The van der Waals surface area contributed by atoms with Crippen molar-refractivity contribution in [3.05, 3.63) is 39.0 Å². The number of carboxylic acid groups (broad SMARTS) is 1. The van der Waals surface area contributed by atoms with Gasteiger partial charge in [0.25, 0.3) is 0 Å². The van der Waals surface area contributed by atoms with Crippen LogP contribution < -0.4 is 0 Å². The topological polar surface area (TPSA) is 55.1 Å². The van der Waals surface area contributed by atoms with Crippen LogP contribution in [-0.2, 0) is 4.79 Å². The highest BCUT2D eigenvalue weighted by Gasteiger charge is 2.17. The van der Waals surface area contributed by atoms with Crippen LogP contribution in [0.15, 0.2) is 38.5 Å². The molecule has 112 valence electrons. The van der Waals surface area contributed by atoms with Gasteiger partial charge in [-0.3, -0.25) is 9.36 Å². The lowest BCUT2D eigenvalue weighted by Gasteiger charge is -2.15. The fourth-order valence-electron chi connectivity index (χ4n) is 1.88. The summed E-state index contributed by atoms with van der Waals surface area (Å²) in [6, 6.07) is 5.89. The van der Waals surface area contributed by atoms with E-state index in [0.717, 1.165) is 20.3 Å². The number of carbonyl (C=O) groups is 1. The summed E-state index contributed by atoms with van der Waals surface area (Å²) in [5.41, 5.74) is 1.99. The van der Waals surface area contributed by atoms with Gasteiger partial charge in [-0.15, -0.1) is 0 Å². The zero-order valence-electron chi connectivity index (χ0n) is 11.5. The number of benzene rings is 1. The van der Waals surface area contributed by atoms with Crippen molar-refractivity contribution in [1.29, 1.82) is 0 Å². The molecule has 1 aromatic carbocycles. The van der Waals surface area contributed by atoms with Crippen LogP contribution in [0, 0.1) is 0 Å². The molecule has 7 heteroatoms. The van der Waals surface area contributed by atoms with Gasteiger partial charge in [-0.2, -0.15) is 0 Å². The Kier molecular flexibility index (Phi) is 5.51. The Hall–Kier alpha value is -0.790. The summed E-state index contributed by atoms with van der Waals surface area (Å²) in [7, 11) is 0. The van der Waals surface area contributed by atoms with E-state index < -0.39 is 5.97 Å². The van der Waals surface area contributed by atoms with Crippen molar-refractivity contribution in [2.75, 3.05) is 5.75 Å². The van der Waals surface area contributed by atoms with Crippen molar-refractivity contribution in [2.24, 2.45) is 0 Å². The Morgan fingerprint density at radius 3 is 2.76 bits per heavy atom. The second-order valence-electron chi connectivity index (χ2n) is 4.73. The second kappa shape index (κ2) is 6.98. The molecule has 0 spiro atoms. The van der Waals surface area contributed by atoms with E-state index in [0.29, 0.717) is 5.16 Å². The van der Waals surface area contributed by atoms with Crippen LogP contribution in [0.2, 0.25) is 0 Å². The molecular weight excluding hydrogens is 420 g/mol. The molecule has 0 amide bonds. The van der Waals surface area contributed by atoms with Crippen molar-refractivity contribution >= 4 is 49.6 Å². The van der Waals surface area contributed by atoms with E-state index in [9.17, 15) is 4.79 Å². The average Bonchev–Trinajstić information content (AvgIpc) is 2.83. The molecule has 0 atom stereocenters. The van der Waals surface area contributed by atoms with E-state index in [2.05, 4.69) is 50.7 Å². The molecule has 0 aliphatic carbocycles. The first-order valence-corrected chi connectivity index (χ1v) is 8.85. The quantitative estimate of drug-likeness (QED) is 0.694. The molecule has 1 N–H and O–H groups in total. The maximum absolute atomic E-state index is 10.8. The lowest BCUT2D eigenvalue weighted by Crippen LogP contribution is -2.06. The average molecular weight is 434 g/mol. The summed E-state index contributed by atoms with van der Waals surface area (Å²) in [5, 5.41) is 9.56.